The van der Waals surface area contributed by atoms with Crippen LogP contribution in [0.5, 0.6) is 0 Å². The molecular formula is C16H24N2. The minimum absolute atomic E-state index is 0.325. The number of nitrogens with zero attached hydrogens (tertiary/aromatic N) is 1. The van der Waals surface area contributed by atoms with Crippen LogP contribution in [0.3, 0.4) is 0 Å². The Bertz CT molecular complexity index is 426. The molecule has 2 nitrogen and oxygen atoms in total. The largest absolute Gasteiger partial charge is 0.309 e. The van der Waals surface area contributed by atoms with Gasteiger partial charge in [-0.15, -0.1) is 11.8 Å². The van der Waals surface area contributed by atoms with Crippen molar-refractivity contribution < 1.29 is 0 Å². The third-order valence-electron chi connectivity index (χ3n) is 2.96. The highest BCUT2D eigenvalue weighted by atomic mass is 14.9. The van der Waals surface area contributed by atoms with Gasteiger partial charge in [-0.05, 0) is 51.3 Å². The lowest BCUT2D eigenvalue weighted by molar-refractivity contribution is 0.492. The number of rotatable bonds is 6. The van der Waals surface area contributed by atoms with Crippen LogP contribution in [0.1, 0.15) is 56.0 Å². The first-order chi connectivity index (χ1) is 8.69. The molecule has 1 N–H and O–H groups in total. The van der Waals surface area contributed by atoms with Gasteiger partial charge in [0.1, 0.15) is 0 Å². The fourth-order valence-electron chi connectivity index (χ4n) is 2.09. The zero-order chi connectivity index (χ0) is 13.4. The van der Waals surface area contributed by atoms with E-state index in [4.69, 9.17) is 0 Å². The van der Waals surface area contributed by atoms with Crippen molar-refractivity contribution in [1.82, 2.24) is 10.3 Å². The van der Waals surface area contributed by atoms with Crippen LogP contribution >= 0.6 is 0 Å². The van der Waals surface area contributed by atoms with E-state index in [-0.39, 0.29) is 0 Å². The maximum Gasteiger partial charge on any atom is 0.0602 e. The summed E-state index contributed by atoms with van der Waals surface area (Å²) >= 11 is 0. The number of aromatic nitrogens is 1. The molecule has 1 aromatic heterocycles. The third kappa shape index (κ3) is 4.50. The van der Waals surface area contributed by atoms with Crippen LogP contribution in [-0.2, 0) is 0 Å². The molecule has 1 rings (SSSR count). The topological polar surface area (TPSA) is 24.9 Å². The number of hydrogen-bond acceptors (Lipinski definition) is 2. The van der Waals surface area contributed by atoms with Crippen molar-refractivity contribution in [2.24, 2.45) is 0 Å². The van der Waals surface area contributed by atoms with Gasteiger partial charge < -0.3 is 5.32 Å². The van der Waals surface area contributed by atoms with Gasteiger partial charge in [-0.3, -0.25) is 4.98 Å². The molecule has 0 amide bonds. The van der Waals surface area contributed by atoms with Crippen molar-refractivity contribution in [1.29, 1.82) is 0 Å². The Balaban J connectivity index is 2.81. The monoisotopic (exact) mass is 244 g/mol. The summed E-state index contributed by atoms with van der Waals surface area (Å²) in [5.74, 6) is 6.09. The Morgan fingerprint density at radius 3 is 2.78 bits per heavy atom. The lowest BCUT2D eigenvalue weighted by Gasteiger charge is -2.19. The summed E-state index contributed by atoms with van der Waals surface area (Å²) in [6.45, 7) is 9.33. The summed E-state index contributed by atoms with van der Waals surface area (Å²) in [6.07, 6.45) is 5.04. The van der Waals surface area contributed by atoms with Crippen LogP contribution in [0.15, 0.2) is 12.3 Å². The maximum atomic E-state index is 4.60. The van der Waals surface area contributed by atoms with E-state index in [0.717, 1.165) is 25.8 Å². The number of pyridine rings is 1. The highest BCUT2D eigenvalue weighted by molar-refractivity contribution is 5.25. The van der Waals surface area contributed by atoms with Gasteiger partial charge >= 0.3 is 0 Å². The molecule has 1 aromatic rings. The molecule has 0 saturated carbocycles. The zero-order valence-electron chi connectivity index (χ0n) is 12.0. The van der Waals surface area contributed by atoms with Gasteiger partial charge in [0.25, 0.3) is 0 Å². The third-order valence-corrected chi connectivity index (χ3v) is 2.96. The summed E-state index contributed by atoms with van der Waals surface area (Å²) in [6, 6.07) is 2.53. The molecule has 1 unspecified atom stereocenters. The van der Waals surface area contributed by atoms with E-state index in [1.807, 2.05) is 13.1 Å². The standard InChI is InChI=1S/C16H24N2/c1-5-7-8-9-15(17-10-6-2)16-14(4)11-13(3)12-18-16/h11-12,15,17H,6,8-10H2,1-4H3. The van der Waals surface area contributed by atoms with Crippen LogP contribution in [-0.4, -0.2) is 11.5 Å². The first-order valence-corrected chi connectivity index (χ1v) is 6.75. The summed E-state index contributed by atoms with van der Waals surface area (Å²) < 4.78 is 0. The van der Waals surface area contributed by atoms with E-state index < -0.39 is 0 Å². The minimum Gasteiger partial charge on any atom is -0.309 e. The summed E-state index contributed by atoms with van der Waals surface area (Å²) in [7, 11) is 0. The molecule has 0 radical (unpaired) electrons. The van der Waals surface area contributed by atoms with E-state index in [2.05, 4.69) is 49.0 Å². The highest BCUT2D eigenvalue weighted by Gasteiger charge is 2.13. The molecule has 98 valence electrons. The Labute approximate surface area is 111 Å². The molecule has 0 aliphatic heterocycles. The van der Waals surface area contributed by atoms with Crippen molar-refractivity contribution in [2.45, 2.75) is 53.0 Å². The van der Waals surface area contributed by atoms with Crippen molar-refractivity contribution in [3.63, 3.8) is 0 Å². The van der Waals surface area contributed by atoms with Gasteiger partial charge in [0.15, 0.2) is 0 Å². The number of hydrogen-bond donors (Lipinski definition) is 1. The molecule has 0 spiro atoms. The van der Waals surface area contributed by atoms with Crippen LogP contribution < -0.4 is 5.32 Å². The summed E-state index contributed by atoms with van der Waals surface area (Å²) in [5.41, 5.74) is 3.67. The van der Waals surface area contributed by atoms with Gasteiger partial charge in [0.2, 0.25) is 0 Å². The molecule has 1 atom stereocenters. The maximum absolute atomic E-state index is 4.60. The van der Waals surface area contributed by atoms with Crippen LogP contribution in [0.25, 0.3) is 0 Å². The first-order valence-electron chi connectivity index (χ1n) is 6.75. The van der Waals surface area contributed by atoms with Crippen LogP contribution in [0, 0.1) is 25.7 Å². The Morgan fingerprint density at radius 1 is 1.39 bits per heavy atom. The van der Waals surface area contributed by atoms with Gasteiger partial charge in [0.05, 0.1) is 11.7 Å². The molecule has 1 heterocycles. The Hall–Kier alpha value is -1.33. The molecule has 0 saturated heterocycles. The van der Waals surface area contributed by atoms with E-state index in [9.17, 15) is 0 Å². The molecule has 0 bridgehead atoms. The molecule has 0 aliphatic carbocycles. The second-order valence-electron chi connectivity index (χ2n) is 4.69. The van der Waals surface area contributed by atoms with E-state index in [1.54, 1.807) is 0 Å². The van der Waals surface area contributed by atoms with Crippen molar-refractivity contribution in [2.75, 3.05) is 6.54 Å². The molecular weight excluding hydrogens is 220 g/mol. The van der Waals surface area contributed by atoms with E-state index in [0.29, 0.717) is 6.04 Å². The van der Waals surface area contributed by atoms with Crippen LogP contribution in [0.4, 0.5) is 0 Å². The fraction of sp³-hybridized carbons (Fsp3) is 0.562. The Morgan fingerprint density at radius 2 is 2.17 bits per heavy atom. The minimum atomic E-state index is 0.325. The fourth-order valence-corrected chi connectivity index (χ4v) is 2.09. The number of nitrogens with one attached hydrogen (secondary N) is 1. The molecule has 18 heavy (non-hydrogen) atoms. The predicted molar refractivity (Wildman–Crippen MR) is 77.4 cm³/mol. The first kappa shape index (κ1) is 14.7. The van der Waals surface area contributed by atoms with Gasteiger partial charge in [-0.25, -0.2) is 0 Å². The average molecular weight is 244 g/mol. The Kier molecular flexibility index (Phi) is 6.46. The molecule has 0 fully saturated rings. The van der Waals surface area contributed by atoms with Crippen molar-refractivity contribution >= 4 is 0 Å². The van der Waals surface area contributed by atoms with Gasteiger partial charge in [-0.2, -0.15) is 0 Å². The van der Waals surface area contributed by atoms with Gasteiger partial charge in [0, 0.05) is 12.6 Å². The lowest BCUT2D eigenvalue weighted by atomic mass is 10.0. The summed E-state index contributed by atoms with van der Waals surface area (Å²) in [5, 5.41) is 3.57. The second-order valence-corrected chi connectivity index (χ2v) is 4.69. The van der Waals surface area contributed by atoms with Crippen LogP contribution in [0.2, 0.25) is 0 Å². The van der Waals surface area contributed by atoms with Crippen molar-refractivity contribution in [3.8, 4) is 11.8 Å². The van der Waals surface area contributed by atoms with E-state index in [1.165, 1.54) is 16.8 Å². The molecule has 2 heteroatoms. The second kappa shape index (κ2) is 7.89. The van der Waals surface area contributed by atoms with Gasteiger partial charge in [-0.1, -0.05) is 13.0 Å². The highest BCUT2D eigenvalue weighted by Crippen LogP contribution is 2.20. The molecule has 0 aliphatic rings. The average Bonchev–Trinajstić information content (AvgIpc) is 2.34. The molecule has 0 aromatic carbocycles. The quantitative estimate of drug-likeness (QED) is 0.774. The summed E-state index contributed by atoms with van der Waals surface area (Å²) in [4.78, 5) is 4.60. The van der Waals surface area contributed by atoms with E-state index >= 15 is 0 Å². The lowest BCUT2D eigenvalue weighted by Crippen LogP contribution is -2.23. The predicted octanol–water partition coefficient (Wildman–Crippen LogP) is 3.54. The SMILES string of the molecule is CC#CCCC(NCCC)c1ncc(C)cc1C. The normalized spacial score (nSPS) is 11.8. The number of aryl methyl sites for hydroxylation is 2. The smallest absolute Gasteiger partial charge is 0.0602 e. The van der Waals surface area contributed by atoms with Crippen molar-refractivity contribution in [3.05, 3.63) is 29.1 Å². The zero-order valence-corrected chi connectivity index (χ0v) is 12.0.